The van der Waals surface area contributed by atoms with Gasteiger partial charge in [0.05, 0.1) is 10.9 Å². The number of hydrogen-bond donors (Lipinski definition) is 2. The third kappa shape index (κ3) is 5.13. The minimum Gasteiger partial charge on any atom is -0.480 e. The molecular weight excluding hydrogens is 329 g/mol. The number of carbonyl (C=O) groups is 2. The molecule has 0 radical (unpaired) electrons. The van der Waals surface area contributed by atoms with E-state index in [9.17, 15) is 14.0 Å². The Labute approximate surface area is 124 Å². The molecule has 4 nitrogen and oxygen atoms in total. The Morgan fingerprint density at radius 1 is 1.50 bits per heavy atom. The number of rotatable bonds is 6. The highest BCUT2D eigenvalue weighted by Gasteiger charge is 2.18. The molecule has 1 aromatic carbocycles. The summed E-state index contributed by atoms with van der Waals surface area (Å²) in [4.78, 5) is 22.7. The molecule has 0 bridgehead atoms. The average molecular weight is 344 g/mol. The van der Waals surface area contributed by atoms with E-state index in [-0.39, 0.29) is 12.8 Å². The van der Waals surface area contributed by atoms with Crippen molar-refractivity contribution in [2.75, 3.05) is 0 Å². The fourth-order valence-electron chi connectivity index (χ4n) is 1.57. The van der Waals surface area contributed by atoms with Crippen LogP contribution >= 0.6 is 15.9 Å². The van der Waals surface area contributed by atoms with Crippen molar-refractivity contribution in [2.24, 2.45) is 0 Å². The first-order valence-electron chi connectivity index (χ1n) is 6.01. The van der Waals surface area contributed by atoms with Gasteiger partial charge in [0.1, 0.15) is 11.9 Å². The van der Waals surface area contributed by atoms with Crippen molar-refractivity contribution in [3.63, 3.8) is 0 Å². The molecule has 2 N–H and O–H groups in total. The van der Waals surface area contributed by atoms with Gasteiger partial charge in [-0.1, -0.05) is 18.2 Å². The molecule has 0 aliphatic carbocycles. The lowest BCUT2D eigenvalue weighted by molar-refractivity contribution is -0.141. The Hall–Kier alpha value is -1.69. The number of amides is 1. The van der Waals surface area contributed by atoms with E-state index in [0.29, 0.717) is 10.0 Å². The molecule has 1 rings (SSSR count). The van der Waals surface area contributed by atoms with Crippen LogP contribution in [0.25, 0.3) is 0 Å². The van der Waals surface area contributed by atoms with E-state index in [2.05, 4.69) is 21.2 Å². The van der Waals surface area contributed by atoms with Crippen molar-refractivity contribution >= 4 is 27.8 Å². The van der Waals surface area contributed by atoms with E-state index in [1.165, 1.54) is 12.1 Å². The van der Waals surface area contributed by atoms with Gasteiger partial charge in [-0.05, 0) is 47.0 Å². The summed E-state index contributed by atoms with van der Waals surface area (Å²) in [5.74, 6) is -2.01. The SMILES string of the molecule is C/C=C/CC(NC(=O)Cc1ccc(Br)c(F)c1)C(=O)O. The minimum absolute atomic E-state index is 0.0657. The second-order valence-corrected chi connectivity index (χ2v) is 5.04. The first kappa shape index (κ1) is 16.4. The Morgan fingerprint density at radius 2 is 2.20 bits per heavy atom. The van der Waals surface area contributed by atoms with E-state index in [0.717, 1.165) is 0 Å². The summed E-state index contributed by atoms with van der Waals surface area (Å²) in [5, 5.41) is 11.4. The molecule has 0 aliphatic heterocycles. The Balaban J connectivity index is 2.65. The second-order valence-electron chi connectivity index (χ2n) is 4.19. The number of nitrogens with one attached hydrogen (secondary N) is 1. The van der Waals surface area contributed by atoms with Crippen LogP contribution in [0.15, 0.2) is 34.8 Å². The number of carboxylic acids is 1. The zero-order chi connectivity index (χ0) is 15.1. The maximum absolute atomic E-state index is 13.3. The number of allylic oxidation sites excluding steroid dienone is 1. The lowest BCUT2D eigenvalue weighted by atomic mass is 10.1. The predicted octanol–water partition coefficient (Wildman–Crippen LogP) is 2.67. The second kappa shape index (κ2) is 7.79. The Bertz CT molecular complexity index is 531. The molecule has 6 heteroatoms. The van der Waals surface area contributed by atoms with Crippen molar-refractivity contribution < 1.29 is 19.1 Å². The Kier molecular flexibility index (Phi) is 6.38. The molecule has 1 unspecified atom stereocenters. The third-order valence-corrected chi connectivity index (χ3v) is 3.23. The number of aliphatic carboxylic acids is 1. The number of halogens is 2. The van der Waals surface area contributed by atoms with Gasteiger partial charge in [-0.3, -0.25) is 4.79 Å². The van der Waals surface area contributed by atoms with Gasteiger partial charge in [-0.15, -0.1) is 0 Å². The van der Waals surface area contributed by atoms with Crippen LogP contribution in [0.5, 0.6) is 0 Å². The summed E-state index contributed by atoms with van der Waals surface area (Å²) in [7, 11) is 0. The van der Waals surface area contributed by atoms with E-state index < -0.39 is 23.7 Å². The van der Waals surface area contributed by atoms with E-state index in [4.69, 9.17) is 5.11 Å². The summed E-state index contributed by atoms with van der Waals surface area (Å²) in [5.41, 5.74) is 0.485. The highest BCUT2D eigenvalue weighted by molar-refractivity contribution is 9.10. The molecule has 0 heterocycles. The summed E-state index contributed by atoms with van der Waals surface area (Å²) in [6.45, 7) is 1.77. The van der Waals surface area contributed by atoms with Gasteiger partial charge < -0.3 is 10.4 Å². The van der Waals surface area contributed by atoms with Crippen molar-refractivity contribution in [2.45, 2.75) is 25.8 Å². The lowest BCUT2D eigenvalue weighted by Gasteiger charge is -2.12. The van der Waals surface area contributed by atoms with E-state index in [1.54, 1.807) is 25.1 Å². The van der Waals surface area contributed by atoms with E-state index >= 15 is 0 Å². The topological polar surface area (TPSA) is 66.4 Å². The van der Waals surface area contributed by atoms with Crippen molar-refractivity contribution in [3.8, 4) is 0 Å². The molecule has 0 saturated heterocycles. The van der Waals surface area contributed by atoms with Crippen LogP contribution < -0.4 is 5.32 Å². The maximum atomic E-state index is 13.3. The lowest BCUT2D eigenvalue weighted by Crippen LogP contribution is -2.41. The predicted molar refractivity (Wildman–Crippen MR) is 76.8 cm³/mol. The molecule has 0 fully saturated rings. The minimum atomic E-state index is -1.10. The zero-order valence-electron chi connectivity index (χ0n) is 10.9. The molecule has 20 heavy (non-hydrogen) atoms. The summed E-state index contributed by atoms with van der Waals surface area (Å²) in [6.07, 6.45) is 3.53. The van der Waals surface area contributed by atoms with Gasteiger partial charge >= 0.3 is 5.97 Å². The standard InChI is InChI=1S/C14H15BrFNO3/c1-2-3-4-12(14(19)20)17-13(18)8-9-5-6-10(15)11(16)7-9/h2-3,5-7,12H,4,8H2,1H3,(H,17,18)(H,19,20)/b3-2+. The fourth-order valence-corrected chi connectivity index (χ4v) is 1.82. The largest absolute Gasteiger partial charge is 0.480 e. The van der Waals surface area contributed by atoms with Crippen LogP contribution in [-0.4, -0.2) is 23.0 Å². The molecule has 0 aromatic heterocycles. The van der Waals surface area contributed by atoms with Gasteiger partial charge in [0, 0.05) is 0 Å². The maximum Gasteiger partial charge on any atom is 0.326 e. The van der Waals surface area contributed by atoms with Gasteiger partial charge in [0.25, 0.3) is 0 Å². The third-order valence-electron chi connectivity index (χ3n) is 2.59. The van der Waals surface area contributed by atoms with Crippen molar-refractivity contribution in [1.82, 2.24) is 5.32 Å². The molecule has 0 aliphatic rings. The molecule has 1 amide bonds. The average Bonchev–Trinajstić information content (AvgIpc) is 2.38. The molecule has 108 valence electrons. The smallest absolute Gasteiger partial charge is 0.326 e. The van der Waals surface area contributed by atoms with Crippen LogP contribution in [0.4, 0.5) is 4.39 Å². The number of hydrogen-bond acceptors (Lipinski definition) is 2. The number of carbonyl (C=O) groups excluding carboxylic acids is 1. The van der Waals surface area contributed by atoms with Crippen LogP contribution in [0.2, 0.25) is 0 Å². The Morgan fingerprint density at radius 3 is 2.75 bits per heavy atom. The number of benzene rings is 1. The van der Waals surface area contributed by atoms with Gasteiger partial charge in [-0.25, -0.2) is 9.18 Å². The van der Waals surface area contributed by atoms with Gasteiger partial charge in [0.2, 0.25) is 5.91 Å². The quantitative estimate of drug-likeness (QED) is 0.780. The zero-order valence-corrected chi connectivity index (χ0v) is 12.5. The molecule has 1 aromatic rings. The first-order valence-corrected chi connectivity index (χ1v) is 6.80. The van der Waals surface area contributed by atoms with Crippen LogP contribution in [0, 0.1) is 5.82 Å². The first-order chi connectivity index (χ1) is 9.43. The monoisotopic (exact) mass is 343 g/mol. The molecular formula is C14H15BrFNO3. The highest BCUT2D eigenvalue weighted by Crippen LogP contribution is 2.16. The highest BCUT2D eigenvalue weighted by atomic mass is 79.9. The van der Waals surface area contributed by atoms with Crippen molar-refractivity contribution in [1.29, 1.82) is 0 Å². The fraction of sp³-hybridized carbons (Fsp3) is 0.286. The molecule has 0 saturated carbocycles. The normalized spacial score (nSPS) is 12.3. The number of carboxylic acid groups (broad SMARTS) is 1. The van der Waals surface area contributed by atoms with Crippen LogP contribution in [-0.2, 0) is 16.0 Å². The molecule has 0 spiro atoms. The van der Waals surface area contributed by atoms with E-state index in [1.807, 2.05) is 0 Å². The van der Waals surface area contributed by atoms with Crippen molar-refractivity contribution in [3.05, 3.63) is 46.2 Å². The van der Waals surface area contributed by atoms with Crippen LogP contribution in [0.1, 0.15) is 18.9 Å². The summed E-state index contributed by atoms with van der Waals surface area (Å²) < 4.78 is 13.6. The summed E-state index contributed by atoms with van der Waals surface area (Å²) in [6, 6.07) is 3.38. The summed E-state index contributed by atoms with van der Waals surface area (Å²) >= 11 is 3.02. The molecule has 1 atom stereocenters. The van der Waals surface area contributed by atoms with Crippen LogP contribution in [0.3, 0.4) is 0 Å². The van der Waals surface area contributed by atoms with Gasteiger partial charge in [0.15, 0.2) is 0 Å². The van der Waals surface area contributed by atoms with Gasteiger partial charge in [-0.2, -0.15) is 0 Å².